The first-order chi connectivity index (χ1) is 16.4. The van der Waals surface area contributed by atoms with E-state index in [1.807, 2.05) is 40.5 Å². The molecule has 1 atom stereocenters. The first-order valence-corrected chi connectivity index (χ1v) is 11.3. The highest BCUT2D eigenvalue weighted by molar-refractivity contribution is 6.19. The quantitative estimate of drug-likeness (QED) is 0.584. The van der Waals surface area contributed by atoms with E-state index in [2.05, 4.69) is 4.90 Å². The largest absolute Gasteiger partial charge is 0.497 e. The van der Waals surface area contributed by atoms with Gasteiger partial charge in [0.2, 0.25) is 11.9 Å². The summed E-state index contributed by atoms with van der Waals surface area (Å²) in [4.78, 5) is 36.4. The molecule has 4 heterocycles. The van der Waals surface area contributed by atoms with Crippen molar-refractivity contribution in [3.63, 3.8) is 0 Å². The third kappa shape index (κ3) is 3.51. The maximum absolute atomic E-state index is 13.6. The molecule has 0 radical (unpaired) electrons. The number of amidine groups is 1. The lowest BCUT2D eigenvalue weighted by molar-refractivity contribution is -0.676. The minimum atomic E-state index is -0.695. The van der Waals surface area contributed by atoms with Crippen molar-refractivity contribution >= 4 is 23.7 Å². The molecule has 1 aromatic heterocycles. The minimum Gasteiger partial charge on any atom is -0.497 e. The third-order valence-corrected chi connectivity index (χ3v) is 6.58. The van der Waals surface area contributed by atoms with Crippen molar-refractivity contribution in [2.45, 2.75) is 13.0 Å². The molecule has 3 amide bonds. The Morgan fingerprint density at radius 1 is 1.15 bits per heavy atom. The van der Waals surface area contributed by atoms with Gasteiger partial charge in [-0.2, -0.15) is 4.57 Å². The van der Waals surface area contributed by atoms with E-state index in [-0.39, 0.29) is 11.9 Å². The van der Waals surface area contributed by atoms with Crippen LogP contribution in [0.3, 0.4) is 0 Å². The van der Waals surface area contributed by atoms with Gasteiger partial charge >= 0.3 is 12.0 Å². The Kier molecular flexibility index (Phi) is 5.74. The average Bonchev–Trinajstić information content (AvgIpc) is 3.37. The van der Waals surface area contributed by atoms with Gasteiger partial charge in [-0.1, -0.05) is 4.99 Å². The van der Waals surface area contributed by atoms with Crippen molar-refractivity contribution in [1.29, 1.82) is 0 Å². The monoisotopic (exact) mass is 469 g/mol. The number of aryl methyl sites for hydroxylation is 1. The Morgan fingerprint density at radius 3 is 2.62 bits per heavy atom. The fourth-order valence-corrected chi connectivity index (χ4v) is 4.73. The number of methoxy groups -OCH3 is 2. The number of amides is 3. The predicted octanol–water partition coefficient (Wildman–Crippen LogP) is 0.901. The lowest BCUT2D eigenvalue weighted by Gasteiger charge is -2.35. The summed E-state index contributed by atoms with van der Waals surface area (Å²) in [5.74, 6) is 2.01. The second kappa shape index (κ2) is 8.73. The van der Waals surface area contributed by atoms with Gasteiger partial charge in [0.05, 0.1) is 27.4 Å². The molecule has 0 spiro atoms. The number of hydrogen-bond acceptors (Lipinski definition) is 7. The van der Waals surface area contributed by atoms with E-state index >= 15 is 0 Å². The molecule has 3 aliphatic heterocycles. The van der Waals surface area contributed by atoms with E-state index in [4.69, 9.17) is 19.2 Å². The number of imidazole rings is 1. The maximum Gasteiger partial charge on any atom is 0.407 e. The summed E-state index contributed by atoms with van der Waals surface area (Å²) in [6.07, 6.45) is 1.89. The van der Waals surface area contributed by atoms with Crippen molar-refractivity contribution in [3.05, 3.63) is 30.1 Å². The lowest BCUT2D eigenvalue weighted by Crippen LogP contribution is -2.63. The van der Waals surface area contributed by atoms with Crippen LogP contribution in [0.4, 0.5) is 10.7 Å². The van der Waals surface area contributed by atoms with Gasteiger partial charge in [-0.3, -0.25) is 19.5 Å². The van der Waals surface area contributed by atoms with Crippen LogP contribution in [0.15, 0.2) is 29.4 Å². The number of aromatic nitrogens is 2. The molecule has 2 aromatic rings. The Bertz CT molecular complexity index is 1170. The molecule has 0 saturated carbocycles. The van der Waals surface area contributed by atoms with E-state index in [1.54, 1.807) is 21.3 Å². The van der Waals surface area contributed by atoms with E-state index in [1.165, 1.54) is 9.80 Å². The second-order valence-corrected chi connectivity index (χ2v) is 8.51. The Labute approximate surface area is 197 Å². The molecule has 34 heavy (non-hydrogen) atoms. The van der Waals surface area contributed by atoms with Crippen LogP contribution in [0.25, 0.3) is 5.69 Å². The van der Waals surface area contributed by atoms with Crippen molar-refractivity contribution in [3.8, 4) is 17.2 Å². The van der Waals surface area contributed by atoms with Crippen LogP contribution < -0.4 is 14.0 Å². The number of hydrogen-bond donors (Lipinski definition) is 0. The molecule has 1 unspecified atom stereocenters. The van der Waals surface area contributed by atoms with Gasteiger partial charge in [-0.25, -0.2) is 9.36 Å². The van der Waals surface area contributed by atoms with Crippen LogP contribution in [-0.2, 0) is 9.53 Å². The molecule has 11 heteroatoms. The molecule has 0 N–H and O–H groups in total. The molecule has 2 fully saturated rings. The number of likely N-dealkylation sites (N-methyl/N-ethyl adjacent to an activating group) is 1. The van der Waals surface area contributed by atoms with Gasteiger partial charge < -0.3 is 14.2 Å². The normalized spacial score (nSPS) is 20.4. The molecule has 11 nitrogen and oxygen atoms in total. The highest BCUT2D eigenvalue weighted by atomic mass is 16.5. The smallest absolute Gasteiger partial charge is 0.407 e. The van der Waals surface area contributed by atoms with Crippen LogP contribution in [-0.4, -0.2) is 97.7 Å². The van der Waals surface area contributed by atoms with E-state index in [0.29, 0.717) is 49.6 Å². The molecule has 3 aliphatic rings. The summed E-state index contributed by atoms with van der Waals surface area (Å²) in [5, 5.41) is 0. The number of benzene rings is 1. The van der Waals surface area contributed by atoms with Gasteiger partial charge in [-0.05, 0) is 19.1 Å². The number of carbonyl (C=O) groups is 2. The van der Waals surface area contributed by atoms with Gasteiger partial charge in [0.1, 0.15) is 17.6 Å². The SMILES string of the molecule is COc1ccc(OC)c(-n2c(C)c[n+]3c2N=C2C3C(=O)N(CCN3CCOCC3)C(=O)N2C)c1. The molecule has 5 rings (SSSR count). The maximum atomic E-state index is 13.6. The zero-order valence-electron chi connectivity index (χ0n) is 19.9. The number of nitrogens with zero attached hydrogens (tertiary/aromatic N) is 6. The molecule has 1 aromatic carbocycles. The summed E-state index contributed by atoms with van der Waals surface area (Å²) in [7, 11) is 4.87. The Morgan fingerprint density at radius 2 is 1.91 bits per heavy atom. The highest BCUT2D eigenvalue weighted by Gasteiger charge is 2.53. The Hall–Kier alpha value is -3.44. The number of carbonyl (C=O) groups excluding carboxylic acids is 2. The first kappa shape index (κ1) is 22.4. The van der Waals surface area contributed by atoms with E-state index < -0.39 is 6.04 Å². The summed E-state index contributed by atoms with van der Waals surface area (Å²) < 4.78 is 20.1. The third-order valence-electron chi connectivity index (χ3n) is 6.58. The first-order valence-electron chi connectivity index (χ1n) is 11.3. The number of fused-ring (bicyclic) bond motifs is 3. The van der Waals surface area contributed by atoms with Crippen molar-refractivity contribution in [2.75, 3.05) is 60.7 Å². The minimum absolute atomic E-state index is 0.270. The van der Waals surface area contributed by atoms with Crippen LogP contribution in [0.5, 0.6) is 11.5 Å². The molecular formula is C23H29N6O5+. The lowest BCUT2D eigenvalue weighted by atomic mass is 10.1. The Balaban J connectivity index is 1.50. The number of morpholine rings is 1. The molecule has 180 valence electrons. The average molecular weight is 470 g/mol. The zero-order valence-corrected chi connectivity index (χ0v) is 19.9. The van der Waals surface area contributed by atoms with Gasteiger partial charge in [0.15, 0.2) is 11.4 Å². The molecule has 0 bridgehead atoms. The fourth-order valence-electron chi connectivity index (χ4n) is 4.73. The number of urea groups is 1. The van der Waals surface area contributed by atoms with Crippen LogP contribution in [0.2, 0.25) is 0 Å². The molecule has 2 saturated heterocycles. The number of imide groups is 1. The summed E-state index contributed by atoms with van der Waals surface area (Å²) >= 11 is 0. The molecule has 0 aliphatic carbocycles. The number of aliphatic imine (C=N–C) groups is 1. The van der Waals surface area contributed by atoms with E-state index in [0.717, 1.165) is 24.5 Å². The van der Waals surface area contributed by atoms with Gasteiger partial charge in [0, 0.05) is 39.3 Å². The summed E-state index contributed by atoms with van der Waals surface area (Å²) in [6.45, 7) is 5.81. The van der Waals surface area contributed by atoms with Crippen molar-refractivity contribution in [1.82, 2.24) is 19.3 Å². The van der Waals surface area contributed by atoms with Crippen molar-refractivity contribution in [2.24, 2.45) is 4.99 Å². The molecular weight excluding hydrogens is 440 g/mol. The van der Waals surface area contributed by atoms with Crippen molar-refractivity contribution < 1.29 is 28.4 Å². The zero-order chi connectivity index (χ0) is 24.0. The van der Waals surface area contributed by atoms with Crippen LogP contribution >= 0.6 is 0 Å². The topological polar surface area (TPSA) is 92.7 Å². The number of rotatable bonds is 6. The van der Waals surface area contributed by atoms with Crippen LogP contribution in [0, 0.1) is 6.92 Å². The number of ether oxygens (including phenoxy) is 3. The van der Waals surface area contributed by atoms with Crippen LogP contribution in [0.1, 0.15) is 11.7 Å². The van der Waals surface area contributed by atoms with Gasteiger partial charge in [-0.15, -0.1) is 0 Å². The second-order valence-electron chi connectivity index (χ2n) is 8.51. The predicted molar refractivity (Wildman–Crippen MR) is 122 cm³/mol. The summed E-state index contributed by atoms with van der Waals surface area (Å²) in [6, 6.07) is 4.46. The highest BCUT2D eigenvalue weighted by Crippen LogP contribution is 2.35. The standard InChI is InChI=1S/C23H29N6O5/c1-15-14-28-19-20(24-22(28)29(15)17-13-16(32-3)5-6-18(17)33-4)25(2)23(31)27(21(19)30)8-7-26-9-11-34-12-10-26/h5-6,13-14,19H,7-12H2,1-4H3/q+1. The summed E-state index contributed by atoms with van der Waals surface area (Å²) in [5.41, 5.74) is 1.61. The fraction of sp³-hybridized carbons (Fsp3) is 0.478. The van der Waals surface area contributed by atoms with Gasteiger partial charge in [0.25, 0.3) is 5.91 Å². The van der Waals surface area contributed by atoms with E-state index in [9.17, 15) is 9.59 Å².